The Bertz CT molecular complexity index is 702. The average molecular weight is 327 g/mol. The van der Waals surface area contributed by atoms with E-state index in [0.717, 1.165) is 49.4 Å². The fourth-order valence-corrected chi connectivity index (χ4v) is 3.69. The minimum Gasteiger partial charge on any atom is -0.405 e. The first-order valence-electron chi connectivity index (χ1n) is 8.19. The van der Waals surface area contributed by atoms with E-state index in [1.54, 1.807) is 6.20 Å². The molecule has 120 valence electrons. The van der Waals surface area contributed by atoms with Crippen LogP contribution in [0.4, 0.5) is 0 Å². The summed E-state index contributed by atoms with van der Waals surface area (Å²) >= 11 is 6.23. The van der Waals surface area contributed by atoms with E-state index >= 15 is 0 Å². The van der Waals surface area contributed by atoms with E-state index in [1.807, 2.05) is 12.1 Å². The van der Waals surface area contributed by atoms with Gasteiger partial charge in [-0.15, -0.1) is 0 Å². The summed E-state index contributed by atoms with van der Waals surface area (Å²) in [6, 6.07) is 6.26. The van der Waals surface area contributed by atoms with Gasteiger partial charge in [-0.2, -0.15) is 0 Å². The van der Waals surface area contributed by atoms with Crippen molar-refractivity contribution in [2.45, 2.75) is 25.7 Å². The Morgan fingerprint density at radius 2 is 1.91 bits per heavy atom. The number of hydrogen-bond acceptors (Lipinski definition) is 2. The van der Waals surface area contributed by atoms with Crippen LogP contribution in [0.15, 0.2) is 59.8 Å². The molecule has 2 aliphatic rings. The molecule has 0 atom stereocenters. The molecule has 1 aromatic rings. The fraction of sp³-hybridized carbons (Fsp3) is 0.300. The highest BCUT2D eigenvalue weighted by Gasteiger charge is 2.23. The summed E-state index contributed by atoms with van der Waals surface area (Å²) in [4.78, 5) is 0. The molecule has 1 fully saturated rings. The highest BCUT2D eigenvalue weighted by atomic mass is 35.5. The lowest BCUT2D eigenvalue weighted by atomic mass is 9.86. The molecule has 0 spiro atoms. The van der Waals surface area contributed by atoms with Gasteiger partial charge in [0.05, 0.1) is 0 Å². The zero-order valence-electron chi connectivity index (χ0n) is 13.4. The Morgan fingerprint density at radius 3 is 2.65 bits per heavy atom. The number of fused-ring (bicyclic) bond motifs is 1. The van der Waals surface area contributed by atoms with Crippen LogP contribution in [-0.4, -0.2) is 13.1 Å². The second-order valence-corrected chi connectivity index (χ2v) is 6.52. The third kappa shape index (κ3) is 3.44. The summed E-state index contributed by atoms with van der Waals surface area (Å²) in [6.45, 7) is 6.51. The molecule has 1 aliphatic carbocycles. The highest BCUT2D eigenvalue weighted by molar-refractivity contribution is 6.30. The first-order chi connectivity index (χ1) is 11.2. The number of hydrogen-bond donors (Lipinski definition) is 2. The Labute approximate surface area is 143 Å². The fourth-order valence-electron chi connectivity index (χ4n) is 3.49. The lowest BCUT2D eigenvalue weighted by molar-refractivity contribution is 0.611. The lowest BCUT2D eigenvalue weighted by Gasteiger charge is -2.22. The lowest BCUT2D eigenvalue weighted by Crippen LogP contribution is -2.24. The van der Waals surface area contributed by atoms with Crippen molar-refractivity contribution < 1.29 is 0 Å². The predicted molar refractivity (Wildman–Crippen MR) is 99.3 cm³/mol. The van der Waals surface area contributed by atoms with E-state index in [1.165, 1.54) is 27.8 Å². The molecule has 1 heterocycles. The van der Waals surface area contributed by atoms with Crippen molar-refractivity contribution in [1.29, 1.82) is 0 Å². The molecular formula is C20H23ClN2. The molecule has 0 bridgehead atoms. The van der Waals surface area contributed by atoms with Crippen molar-refractivity contribution >= 4 is 17.2 Å². The van der Waals surface area contributed by atoms with Crippen LogP contribution >= 0.6 is 11.6 Å². The van der Waals surface area contributed by atoms with Gasteiger partial charge in [-0.3, -0.25) is 0 Å². The minimum atomic E-state index is 0.804. The summed E-state index contributed by atoms with van der Waals surface area (Å²) in [5.74, 6) is 0. The van der Waals surface area contributed by atoms with E-state index < -0.39 is 0 Å². The minimum absolute atomic E-state index is 0.804. The molecule has 1 aliphatic heterocycles. The van der Waals surface area contributed by atoms with Gasteiger partial charge in [-0.25, -0.2) is 0 Å². The number of nitrogens with two attached hydrogens (primary N) is 1. The number of benzene rings is 1. The highest BCUT2D eigenvalue weighted by Crippen LogP contribution is 2.40. The molecule has 3 heteroatoms. The Balaban J connectivity index is 2.16. The van der Waals surface area contributed by atoms with Crippen molar-refractivity contribution in [1.82, 2.24) is 5.32 Å². The zero-order valence-corrected chi connectivity index (χ0v) is 14.1. The van der Waals surface area contributed by atoms with E-state index in [4.69, 9.17) is 17.3 Å². The topological polar surface area (TPSA) is 38.0 Å². The number of piperidine rings is 1. The Morgan fingerprint density at radius 1 is 1.13 bits per heavy atom. The molecule has 3 rings (SSSR count). The summed E-state index contributed by atoms with van der Waals surface area (Å²) in [5, 5.41) is 4.24. The van der Waals surface area contributed by atoms with Gasteiger partial charge < -0.3 is 11.1 Å². The summed E-state index contributed by atoms with van der Waals surface area (Å²) in [7, 11) is 0. The van der Waals surface area contributed by atoms with Gasteiger partial charge in [0.1, 0.15) is 0 Å². The van der Waals surface area contributed by atoms with Crippen molar-refractivity contribution in [2.24, 2.45) is 5.73 Å². The van der Waals surface area contributed by atoms with E-state index in [0.29, 0.717) is 0 Å². The van der Waals surface area contributed by atoms with Gasteiger partial charge in [-0.05, 0) is 91.0 Å². The number of rotatable bonds is 1. The molecule has 0 radical (unpaired) electrons. The van der Waals surface area contributed by atoms with Gasteiger partial charge in [-0.1, -0.05) is 35.9 Å². The molecule has 1 aromatic carbocycles. The van der Waals surface area contributed by atoms with Crippen LogP contribution in [0.1, 0.15) is 30.4 Å². The molecule has 0 saturated carbocycles. The van der Waals surface area contributed by atoms with Crippen LogP contribution in [0.3, 0.4) is 0 Å². The molecule has 3 N–H and O–H groups in total. The first-order valence-corrected chi connectivity index (χ1v) is 8.57. The molecule has 0 amide bonds. The van der Waals surface area contributed by atoms with Crippen molar-refractivity contribution in [2.75, 3.05) is 13.1 Å². The van der Waals surface area contributed by atoms with Crippen LogP contribution in [0.5, 0.6) is 0 Å². The van der Waals surface area contributed by atoms with E-state index in [9.17, 15) is 0 Å². The van der Waals surface area contributed by atoms with Crippen LogP contribution in [-0.2, 0) is 6.42 Å². The molecule has 1 saturated heterocycles. The smallest absolute Gasteiger partial charge is 0.0409 e. The summed E-state index contributed by atoms with van der Waals surface area (Å²) in [6.07, 6.45) is 9.67. The van der Waals surface area contributed by atoms with Crippen molar-refractivity contribution in [3.63, 3.8) is 0 Å². The Kier molecular flexibility index (Phi) is 5.04. The van der Waals surface area contributed by atoms with Crippen LogP contribution in [0.25, 0.3) is 5.57 Å². The van der Waals surface area contributed by atoms with Crippen LogP contribution in [0, 0.1) is 0 Å². The van der Waals surface area contributed by atoms with Gasteiger partial charge in [0.2, 0.25) is 0 Å². The van der Waals surface area contributed by atoms with Crippen molar-refractivity contribution in [3.8, 4) is 0 Å². The van der Waals surface area contributed by atoms with E-state index in [-0.39, 0.29) is 0 Å². The Hall–Kier alpha value is -1.77. The van der Waals surface area contributed by atoms with Gasteiger partial charge in [0, 0.05) is 5.02 Å². The quantitative estimate of drug-likeness (QED) is 0.752. The normalized spacial score (nSPS) is 20.9. The zero-order chi connectivity index (χ0) is 16.2. The molecule has 23 heavy (non-hydrogen) atoms. The molecule has 2 nitrogen and oxygen atoms in total. The first kappa shape index (κ1) is 16.1. The number of halogens is 1. The molecule has 0 unspecified atom stereocenters. The SMILES string of the molecule is C=C1C(=C2CCNCC2)c2ccc(Cl)cc2CC/C1=C/C=C\N. The molecule has 0 aromatic heterocycles. The maximum absolute atomic E-state index is 6.23. The van der Waals surface area contributed by atoms with Gasteiger partial charge >= 0.3 is 0 Å². The van der Waals surface area contributed by atoms with Crippen LogP contribution < -0.4 is 11.1 Å². The monoisotopic (exact) mass is 326 g/mol. The second kappa shape index (κ2) is 7.20. The standard InChI is InChI=1S/C20H23ClN2/c1-14-15(3-2-10-22)4-5-17-13-18(21)6-7-19(17)20(14)16-8-11-23-12-9-16/h2-3,6-7,10,13,23H,1,4-5,8-9,11-12,22H2/b10-2-,15-3-. The number of allylic oxidation sites excluding steroid dienone is 5. The van der Waals surface area contributed by atoms with E-state index in [2.05, 4.69) is 30.1 Å². The molecular weight excluding hydrogens is 304 g/mol. The maximum atomic E-state index is 6.23. The summed E-state index contributed by atoms with van der Waals surface area (Å²) in [5.41, 5.74) is 13.4. The second-order valence-electron chi connectivity index (χ2n) is 6.09. The van der Waals surface area contributed by atoms with Gasteiger partial charge in [0.15, 0.2) is 0 Å². The van der Waals surface area contributed by atoms with Crippen LogP contribution in [0.2, 0.25) is 5.02 Å². The number of aryl methyl sites for hydroxylation is 1. The maximum Gasteiger partial charge on any atom is 0.0409 e. The predicted octanol–water partition coefficient (Wildman–Crippen LogP) is 4.38. The number of nitrogens with one attached hydrogen (secondary N) is 1. The summed E-state index contributed by atoms with van der Waals surface area (Å²) < 4.78 is 0. The average Bonchev–Trinajstić information content (AvgIpc) is 2.70. The third-order valence-corrected chi connectivity index (χ3v) is 4.89. The third-order valence-electron chi connectivity index (χ3n) is 4.66. The van der Waals surface area contributed by atoms with Crippen molar-refractivity contribution in [3.05, 3.63) is 76.0 Å². The van der Waals surface area contributed by atoms with Gasteiger partial charge in [0.25, 0.3) is 0 Å². The largest absolute Gasteiger partial charge is 0.405 e.